The van der Waals surface area contributed by atoms with Crippen LogP contribution < -0.4 is 5.43 Å². The minimum atomic E-state index is -0.120. The Morgan fingerprint density at radius 1 is 1.33 bits per heavy atom. The van der Waals surface area contributed by atoms with E-state index in [2.05, 4.69) is 26.5 Å². The van der Waals surface area contributed by atoms with Crippen molar-refractivity contribution in [3.05, 3.63) is 56.7 Å². The molecule has 0 unspecified atom stereocenters. The molecular formula is C13H11BrN2OS. The average Bonchev–Trinajstić information content (AvgIpc) is 2.85. The highest BCUT2D eigenvalue weighted by Crippen LogP contribution is 2.10. The van der Waals surface area contributed by atoms with Crippen molar-refractivity contribution in [1.29, 1.82) is 0 Å². The molecule has 0 radical (unpaired) electrons. The van der Waals surface area contributed by atoms with E-state index in [9.17, 15) is 4.79 Å². The third kappa shape index (κ3) is 4.09. The van der Waals surface area contributed by atoms with Gasteiger partial charge in [-0.05, 0) is 29.1 Å². The van der Waals surface area contributed by atoms with E-state index in [-0.39, 0.29) is 5.91 Å². The number of carbonyl (C=O) groups is 1. The number of amides is 1. The maximum Gasteiger partial charge on any atom is 0.244 e. The molecule has 1 aromatic carbocycles. The highest BCUT2D eigenvalue weighted by atomic mass is 79.9. The first-order chi connectivity index (χ1) is 8.74. The number of hydrogen-bond donors (Lipinski definition) is 1. The summed E-state index contributed by atoms with van der Waals surface area (Å²) in [4.78, 5) is 12.6. The van der Waals surface area contributed by atoms with Gasteiger partial charge in [0.1, 0.15) is 0 Å². The molecule has 18 heavy (non-hydrogen) atoms. The second-order valence-corrected chi connectivity index (χ2v) is 5.51. The lowest BCUT2D eigenvalue weighted by Gasteiger charge is -2.00. The van der Waals surface area contributed by atoms with Crippen LogP contribution in [-0.2, 0) is 11.2 Å². The molecule has 0 aliphatic rings. The first kappa shape index (κ1) is 13.0. The van der Waals surface area contributed by atoms with Gasteiger partial charge in [-0.1, -0.05) is 34.1 Å². The van der Waals surface area contributed by atoms with Crippen LogP contribution in [0.3, 0.4) is 0 Å². The second-order valence-electron chi connectivity index (χ2n) is 3.61. The summed E-state index contributed by atoms with van der Waals surface area (Å²) in [6.07, 6.45) is 1.97. The molecule has 1 amide bonds. The van der Waals surface area contributed by atoms with E-state index in [1.54, 1.807) is 17.6 Å². The Labute approximate surface area is 118 Å². The predicted molar refractivity (Wildman–Crippen MR) is 77.9 cm³/mol. The normalized spacial score (nSPS) is 10.7. The van der Waals surface area contributed by atoms with Crippen LogP contribution in [0.15, 0.2) is 51.4 Å². The van der Waals surface area contributed by atoms with Gasteiger partial charge in [-0.25, -0.2) is 5.43 Å². The van der Waals surface area contributed by atoms with Gasteiger partial charge in [0.05, 0.1) is 12.6 Å². The van der Waals surface area contributed by atoms with Gasteiger partial charge >= 0.3 is 0 Å². The van der Waals surface area contributed by atoms with E-state index in [0.717, 1.165) is 14.9 Å². The summed E-state index contributed by atoms with van der Waals surface area (Å²) in [6, 6.07) is 11.5. The summed E-state index contributed by atoms with van der Waals surface area (Å²) in [6.45, 7) is 0. The minimum Gasteiger partial charge on any atom is -0.273 e. The van der Waals surface area contributed by atoms with Crippen molar-refractivity contribution in [1.82, 2.24) is 5.43 Å². The van der Waals surface area contributed by atoms with Crippen LogP contribution in [0.25, 0.3) is 0 Å². The zero-order valence-corrected chi connectivity index (χ0v) is 11.9. The van der Waals surface area contributed by atoms with Crippen molar-refractivity contribution >= 4 is 39.4 Å². The molecule has 0 aliphatic heterocycles. The lowest BCUT2D eigenvalue weighted by Crippen LogP contribution is -2.19. The minimum absolute atomic E-state index is 0.120. The molecule has 0 atom stereocenters. The number of carbonyl (C=O) groups excluding carboxylic acids is 1. The molecule has 0 aliphatic carbocycles. The second kappa shape index (κ2) is 6.47. The zero-order valence-electron chi connectivity index (χ0n) is 9.47. The molecule has 1 aromatic heterocycles. The van der Waals surface area contributed by atoms with Crippen molar-refractivity contribution < 1.29 is 4.79 Å². The first-order valence-electron chi connectivity index (χ1n) is 5.34. The molecule has 2 rings (SSSR count). The Morgan fingerprint density at radius 2 is 2.11 bits per heavy atom. The summed E-state index contributed by atoms with van der Waals surface area (Å²) >= 11 is 4.93. The zero-order chi connectivity index (χ0) is 12.8. The topological polar surface area (TPSA) is 41.5 Å². The van der Waals surface area contributed by atoms with Gasteiger partial charge in [0.25, 0.3) is 0 Å². The summed E-state index contributed by atoms with van der Waals surface area (Å²) in [7, 11) is 0. The van der Waals surface area contributed by atoms with Crippen molar-refractivity contribution in [2.45, 2.75) is 6.42 Å². The van der Waals surface area contributed by atoms with E-state index in [4.69, 9.17) is 0 Å². The fraction of sp³-hybridized carbons (Fsp3) is 0.0769. The van der Waals surface area contributed by atoms with Gasteiger partial charge in [0, 0.05) is 9.35 Å². The molecular weight excluding hydrogens is 312 g/mol. The van der Waals surface area contributed by atoms with E-state index >= 15 is 0 Å². The van der Waals surface area contributed by atoms with Gasteiger partial charge in [0.2, 0.25) is 5.91 Å². The fourth-order valence-corrected chi connectivity index (χ4v) is 2.21. The number of nitrogens with one attached hydrogen (secondary N) is 1. The largest absolute Gasteiger partial charge is 0.273 e. The lowest BCUT2D eigenvalue weighted by molar-refractivity contribution is -0.120. The number of nitrogens with zero attached hydrogens (tertiary/aromatic N) is 1. The van der Waals surface area contributed by atoms with Crippen LogP contribution >= 0.6 is 27.3 Å². The van der Waals surface area contributed by atoms with Gasteiger partial charge < -0.3 is 0 Å². The summed E-state index contributed by atoms with van der Waals surface area (Å²) in [5.74, 6) is -0.120. The standard InChI is InChI=1S/C13H11BrN2OS/c14-11-5-3-10(4-6-11)8-13(17)16-15-9-12-2-1-7-18-12/h1-7,9H,8H2,(H,16,17)/b15-9-. The number of hydrazone groups is 1. The van der Waals surface area contributed by atoms with Gasteiger partial charge in [-0.3, -0.25) is 4.79 Å². The molecule has 1 N–H and O–H groups in total. The molecule has 0 saturated carbocycles. The number of thiophene rings is 1. The monoisotopic (exact) mass is 322 g/mol. The van der Waals surface area contributed by atoms with E-state index < -0.39 is 0 Å². The third-order valence-electron chi connectivity index (χ3n) is 2.20. The van der Waals surface area contributed by atoms with E-state index in [1.807, 2.05) is 41.8 Å². The van der Waals surface area contributed by atoms with E-state index in [1.165, 1.54) is 0 Å². The van der Waals surface area contributed by atoms with Crippen molar-refractivity contribution in [3.8, 4) is 0 Å². The number of hydrogen-bond acceptors (Lipinski definition) is 3. The predicted octanol–water partition coefficient (Wildman–Crippen LogP) is 3.20. The molecule has 0 bridgehead atoms. The summed E-state index contributed by atoms with van der Waals surface area (Å²) in [5.41, 5.74) is 3.47. The van der Waals surface area contributed by atoms with Crippen molar-refractivity contribution in [3.63, 3.8) is 0 Å². The molecule has 92 valence electrons. The van der Waals surface area contributed by atoms with E-state index in [0.29, 0.717) is 6.42 Å². The highest BCUT2D eigenvalue weighted by molar-refractivity contribution is 9.10. The third-order valence-corrected chi connectivity index (χ3v) is 3.54. The van der Waals surface area contributed by atoms with Crippen LogP contribution in [-0.4, -0.2) is 12.1 Å². The smallest absolute Gasteiger partial charge is 0.244 e. The molecule has 1 heterocycles. The van der Waals surface area contributed by atoms with Gasteiger partial charge in [-0.15, -0.1) is 11.3 Å². The Hall–Kier alpha value is -1.46. The first-order valence-corrected chi connectivity index (χ1v) is 7.01. The summed E-state index contributed by atoms with van der Waals surface area (Å²) in [5, 5.41) is 5.87. The maximum absolute atomic E-state index is 11.6. The van der Waals surface area contributed by atoms with Crippen LogP contribution in [0, 0.1) is 0 Å². The molecule has 0 spiro atoms. The van der Waals surface area contributed by atoms with Crippen molar-refractivity contribution in [2.75, 3.05) is 0 Å². The number of halogens is 1. The maximum atomic E-state index is 11.6. The quantitative estimate of drug-likeness (QED) is 0.681. The Bertz CT molecular complexity index is 535. The Balaban J connectivity index is 1.84. The lowest BCUT2D eigenvalue weighted by atomic mass is 10.1. The fourth-order valence-electron chi connectivity index (χ4n) is 1.36. The Morgan fingerprint density at radius 3 is 2.78 bits per heavy atom. The highest BCUT2D eigenvalue weighted by Gasteiger charge is 2.01. The molecule has 3 nitrogen and oxygen atoms in total. The molecule has 0 saturated heterocycles. The van der Waals surface area contributed by atoms with Gasteiger partial charge in [0.15, 0.2) is 0 Å². The van der Waals surface area contributed by atoms with Crippen LogP contribution in [0.1, 0.15) is 10.4 Å². The number of rotatable bonds is 4. The molecule has 2 aromatic rings. The van der Waals surface area contributed by atoms with Crippen LogP contribution in [0.5, 0.6) is 0 Å². The van der Waals surface area contributed by atoms with Gasteiger partial charge in [-0.2, -0.15) is 5.10 Å². The number of benzene rings is 1. The van der Waals surface area contributed by atoms with Crippen molar-refractivity contribution in [2.24, 2.45) is 5.10 Å². The molecule has 5 heteroatoms. The average molecular weight is 323 g/mol. The van der Waals surface area contributed by atoms with Crippen LogP contribution in [0.2, 0.25) is 0 Å². The summed E-state index contributed by atoms with van der Waals surface area (Å²) < 4.78 is 1.00. The SMILES string of the molecule is O=C(Cc1ccc(Br)cc1)N/N=C\c1cccs1. The van der Waals surface area contributed by atoms with Crippen LogP contribution in [0.4, 0.5) is 0 Å². The molecule has 0 fully saturated rings. The Kier molecular flexibility index (Phi) is 4.66.